The lowest BCUT2D eigenvalue weighted by Gasteiger charge is -2.11. The zero-order valence-electron chi connectivity index (χ0n) is 9.62. The normalized spacial score (nSPS) is 12.2. The van der Waals surface area contributed by atoms with Gasteiger partial charge in [0.1, 0.15) is 5.75 Å². The summed E-state index contributed by atoms with van der Waals surface area (Å²) in [5.41, 5.74) is 0.705. The van der Waals surface area contributed by atoms with Gasteiger partial charge in [-0.3, -0.25) is 4.79 Å². The first kappa shape index (κ1) is 11.8. The van der Waals surface area contributed by atoms with E-state index in [9.17, 15) is 4.79 Å². The van der Waals surface area contributed by atoms with Gasteiger partial charge in [0.15, 0.2) is 5.78 Å². The Labute approximate surface area is 91.3 Å². The molecule has 15 heavy (non-hydrogen) atoms. The van der Waals surface area contributed by atoms with Gasteiger partial charge in [-0.05, 0) is 25.0 Å². The molecule has 0 aliphatic heterocycles. The Balaban J connectivity index is 2.62. The van der Waals surface area contributed by atoms with Gasteiger partial charge in [-0.25, -0.2) is 0 Å². The van der Waals surface area contributed by atoms with Crippen LogP contribution in [-0.2, 0) is 0 Å². The summed E-state index contributed by atoms with van der Waals surface area (Å²) in [6, 6.07) is 7.33. The Hall–Kier alpha value is -1.31. The molecule has 1 aromatic carbocycles. The molecule has 82 valence electrons. The molecule has 1 unspecified atom stereocenters. The highest BCUT2D eigenvalue weighted by molar-refractivity contribution is 5.94. The van der Waals surface area contributed by atoms with E-state index >= 15 is 0 Å². The van der Waals surface area contributed by atoms with Crippen LogP contribution in [0.3, 0.4) is 0 Å². The van der Waals surface area contributed by atoms with Crippen molar-refractivity contribution in [3.05, 3.63) is 29.8 Å². The summed E-state index contributed by atoms with van der Waals surface area (Å²) in [4.78, 5) is 11.1. The van der Waals surface area contributed by atoms with Crippen LogP contribution < -0.4 is 4.74 Å². The fourth-order valence-electron chi connectivity index (χ4n) is 1.16. The third-order valence-corrected chi connectivity index (χ3v) is 2.47. The minimum absolute atomic E-state index is 0.0731. The van der Waals surface area contributed by atoms with Crippen LogP contribution in [0.1, 0.15) is 37.6 Å². The molecule has 0 saturated heterocycles. The van der Waals surface area contributed by atoms with Crippen LogP contribution in [0, 0.1) is 5.92 Å². The molecule has 0 heterocycles. The molecule has 0 saturated carbocycles. The van der Waals surface area contributed by atoms with E-state index < -0.39 is 0 Å². The molecule has 0 amide bonds. The summed E-state index contributed by atoms with van der Waals surface area (Å²) in [5.74, 6) is 1.40. The molecule has 0 spiro atoms. The second-order valence-electron chi connectivity index (χ2n) is 3.91. The zero-order valence-corrected chi connectivity index (χ0v) is 9.62. The van der Waals surface area contributed by atoms with Crippen molar-refractivity contribution in [1.29, 1.82) is 0 Å². The van der Waals surface area contributed by atoms with Crippen molar-refractivity contribution in [3.63, 3.8) is 0 Å². The van der Waals surface area contributed by atoms with Crippen molar-refractivity contribution in [3.8, 4) is 5.75 Å². The lowest BCUT2D eigenvalue weighted by atomic mass is 10.1. The monoisotopic (exact) mass is 206 g/mol. The standard InChI is InChI=1S/C13H18O2/c1-4-10(2)9-15-13-7-5-6-12(8-13)11(3)14/h5-8,10H,4,9H2,1-3H3. The van der Waals surface area contributed by atoms with Crippen molar-refractivity contribution in [1.82, 2.24) is 0 Å². The number of hydrogen-bond acceptors (Lipinski definition) is 2. The van der Waals surface area contributed by atoms with Gasteiger partial charge in [0.25, 0.3) is 0 Å². The van der Waals surface area contributed by atoms with E-state index in [4.69, 9.17) is 4.74 Å². The van der Waals surface area contributed by atoms with Gasteiger partial charge >= 0.3 is 0 Å². The molecule has 0 aromatic heterocycles. The predicted molar refractivity (Wildman–Crippen MR) is 61.4 cm³/mol. The first-order chi connectivity index (χ1) is 7.13. The molecule has 0 fully saturated rings. The Bertz CT molecular complexity index is 331. The fraction of sp³-hybridized carbons (Fsp3) is 0.462. The van der Waals surface area contributed by atoms with Crippen molar-refractivity contribution < 1.29 is 9.53 Å². The SMILES string of the molecule is CCC(C)COc1cccc(C(C)=O)c1. The summed E-state index contributed by atoms with van der Waals surface area (Å²) in [5, 5.41) is 0. The average Bonchev–Trinajstić information content (AvgIpc) is 2.26. The van der Waals surface area contributed by atoms with Crippen molar-refractivity contribution in [2.75, 3.05) is 6.61 Å². The molecule has 0 N–H and O–H groups in total. The fourth-order valence-corrected chi connectivity index (χ4v) is 1.16. The van der Waals surface area contributed by atoms with Crippen LogP contribution in [0.25, 0.3) is 0 Å². The second kappa shape index (κ2) is 5.54. The Morgan fingerprint density at radius 3 is 2.80 bits per heavy atom. The first-order valence-corrected chi connectivity index (χ1v) is 5.37. The lowest BCUT2D eigenvalue weighted by molar-refractivity contribution is 0.101. The maximum absolute atomic E-state index is 11.1. The van der Waals surface area contributed by atoms with Crippen molar-refractivity contribution >= 4 is 5.78 Å². The largest absolute Gasteiger partial charge is 0.493 e. The minimum atomic E-state index is 0.0731. The van der Waals surface area contributed by atoms with E-state index in [1.807, 2.05) is 12.1 Å². The van der Waals surface area contributed by atoms with Gasteiger partial charge in [-0.15, -0.1) is 0 Å². The molecule has 0 bridgehead atoms. The van der Waals surface area contributed by atoms with Crippen LogP contribution in [0.4, 0.5) is 0 Å². The minimum Gasteiger partial charge on any atom is -0.493 e. The van der Waals surface area contributed by atoms with E-state index in [1.54, 1.807) is 19.1 Å². The third-order valence-electron chi connectivity index (χ3n) is 2.47. The van der Waals surface area contributed by atoms with Crippen LogP contribution in [0.15, 0.2) is 24.3 Å². The number of carbonyl (C=O) groups is 1. The van der Waals surface area contributed by atoms with Crippen molar-refractivity contribution in [2.45, 2.75) is 27.2 Å². The summed E-state index contributed by atoms with van der Waals surface area (Å²) in [6.45, 7) is 6.56. The van der Waals surface area contributed by atoms with E-state index in [0.717, 1.165) is 12.2 Å². The number of benzene rings is 1. The zero-order chi connectivity index (χ0) is 11.3. The third kappa shape index (κ3) is 3.74. The summed E-state index contributed by atoms with van der Waals surface area (Å²) in [7, 11) is 0. The summed E-state index contributed by atoms with van der Waals surface area (Å²) >= 11 is 0. The molecule has 2 nitrogen and oxygen atoms in total. The molecule has 1 aromatic rings. The summed E-state index contributed by atoms with van der Waals surface area (Å²) < 4.78 is 5.60. The topological polar surface area (TPSA) is 26.3 Å². The van der Waals surface area contributed by atoms with Crippen LogP contribution in [0.5, 0.6) is 5.75 Å². The molecular weight excluding hydrogens is 188 g/mol. The molecule has 1 rings (SSSR count). The summed E-state index contributed by atoms with van der Waals surface area (Å²) in [6.07, 6.45) is 1.10. The van der Waals surface area contributed by atoms with E-state index in [-0.39, 0.29) is 5.78 Å². The van der Waals surface area contributed by atoms with Crippen LogP contribution in [0.2, 0.25) is 0 Å². The number of hydrogen-bond donors (Lipinski definition) is 0. The maximum Gasteiger partial charge on any atom is 0.159 e. The number of rotatable bonds is 5. The predicted octanol–water partition coefficient (Wildman–Crippen LogP) is 3.31. The highest BCUT2D eigenvalue weighted by Crippen LogP contribution is 2.15. The van der Waals surface area contributed by atoms with E-state index in [0.29, 0.717) is 18.1 Å². The Morgan fingerprint density at radius 2 is 2.20 bits per heavy atom. The maximum atomic E-state index is 11.1. The van der Waals surface area contributed by atoms with Gasteiger partial charge in [0, 0.05) is 5.56 Å². The number of ether oxygens (including phenoxy) is 1. The molecule has 1 atom stereocenters. The first-order valence-electron chi connectivity index (χ1n) is 5.37. The molecule has 0 aliphatic carbocycles. The van der Waals surface area contributed by atoms with E-state index in [2.05, 4.69) is 13.8 Å². The van der Waals surface area contributed by atoms with E-state index in [1.165, 1.54) is 0 Å². The molecular formula is C13H18O2. The van der Waals surface area contributed by atoms with Crippen molar-refractivity contribution in [2.24, 2.45) is 5.92 Å². The van der Waals surface area contributed by atoms with Gasteiger partial charge in [0.2, 0.25) is 0 Å². The van der Waals surface area contributed by atoms with Gasteiger partial charge in [0.05, 0.1) is 6.61 Å². The van der Waals surface area contributed by atoms with Crippen LogP contribution in [-0.4, -0.2) is 12.4 Å². The molecule has 2 heteroatoms. The Kier molecular flexibility index (Phi) is 4.35. The second-order valence-corrected chi connectivity index (χ2v) is 3.91. The van der Waals surface area contributed by atoms with Gasteiger partial charge in [-0.2, -0.15) is 0 Å². The number of carbonyl (C=O) groups excluding carboxylic acids is 1. The van der Waals surface area contributed by atoms with Gasteiger partial charge in [-0.1, -0.05) is 32.4 Å². The average molecular weight is 206 g/mol. The Morgan fingerprint density at radius 1 is 1.47 bits per heavy atom. The van der Waals surface area contributed by atoms with Crippen LogP contribution >= 0.6 is 0 Å². The number of Topliss-reactive ketones (excluding diaryl/α,β-unsaturated/α-hetero) is 1. The van der Waals surface area contributed by atoms with Gasteiger partial charge < -0.3 is 4.74 Å². The highest BCUT2D eigenvalue weighted by Gasteiger charge is 2.03. The number of ketones is 1. The quantitative estimate of drug-likeness (QED) is 0.691. The molecule has 0 radical (unpaired) electrons. The lowest BCUT2D eigenvalue weighted by Crippen LogP contribution is -2.07. The smallest absolute Gasteiger partial charge is 0.159 e. The highest BCUT2D eigenvalue weighted by atomic mass is 16.5. The molecule has 0 aliphatic rings.